The second kappa shape index (κ2) is 10.8. The molecule has 1 saturated heterocycles. The van der Waals surface area contributed by atoms with E-state index in [4.69, 9.17) is 4.42 Å². The quantitative estimate of drug-likeness (QED) is 0.441. The molecule has 2 amide bonds. The maximum absolute atomic E-state index is 13.2. The molecule has 1 aromatic carbocycles. The standard InChI is InChI=1S/C22H29FN4O3/c1-2-3-10-24-21(28)22(29)25-16-19(20-5-4-15-30-20)27-13-11-26(12-14-27)18-8-6-17(23)7-9-18/h4-9,15,19H,2-3,10-14,16H2,1H3,(H,24,28)(H,25,29)/p+1/t19-/m1/s1. The van der Waals surface area contributed by atoms with Crippen molar-refractivity contribution in [3.63, 3.8) is 0 Å². The van der Waals surface area contributed by atoms with Crippen molar-refractivity contribution < 1.29 is 23.3 Å². The molecule has 8 heteroatoms. The Bertz CT molecular complexity index is 802. The lowest BCUT2D eigenvalue weighted by molar-refractivity contribution is -0.932. The number of halogens is 1. The Labute approximate surface area is 176 Å². The number of nitrogens with one attached hydrogen (secondary N) is 3. The zero-order chi connectivity index (χ0) is 21.3. The third kappa shape index (κ3) is 5.82. The van der Waals surface area contributed by atoms with Crippen LogP contribution in [-0.2, 0) is 9.59 Å². The Morgan fingerprint density at radius 3 is 2.47 bits per heavy atom. The fraction of sp³-hybridized carbons (Fsp3) is 0.455. The molecule has 0 bridgehead atoms. The lowest BCUT2D eigenvalue weighted by atomic mass is 10.1. The van der Waals surface area contributed by atoms with Crippen LogP contribution < -0.4 is 20.4 Å². The van der Waals surface area contributed by atoms with E-state index in [0.717, 1.165) is 50.5 Å². The van der Waals surface area contributed by atoms with E-state index in [2.05, 4.69) is 15.5 Å². The van der Waals surface area contributed by atoms with Crippen molar-refractivity contribution in [1.82, 2.24) is 10.6 Å². The maximum atomic E-state index is 13.2. The maximum Gasteiger partial charge on any atom is 0.309 e. The first-order chi connectivity index (χ1) is 14.6. The monoisotopic (exact) mass is 417 g/mol. The van der Waals surface area contributed by atoms with E-state index in [1.165, 1.54) is 17.0 Å². The van der Waals surface area contributed by atoms with E-state index in [1.54, 1.807) is 18.4 Å². The smallest absolute Gasteiger partial charge is 0.309 e. The summed E-state index contributed by atoms with van der Waals surface area (Å²) in [5.74, 6) is -0.674. The van der Waals surface area contributed by atoms with Gasteiger partial charge in [-0.15, -0.1) is 0 Å². The molecule has 0 saturated carbocycles. The van der Waals surface area contributed by atoms with Crippen molar-refractivity contribution >= 4 is 17.5 Å². The molecule has 7 nitrogen and oxygen atoms in total. The van der Waals surface area contributed by atoms with Crippen LogP contribution in [0.15, 0.2) is 47.1 Å². The van der Waals surface area contributed by atoms with Gasteiger partial charge in [0.05, 0.1) is 39.0 Å². The molecular formula is C22H30FN4O3+. The fourth-order valence-corrected chi connectivity index (χ4v) is 3.72. The number of amides is 2. The second-order valence-electron chi connectivity index (χ2n) is 7.51. The largest absolute Gasteiger partial charge is 0.463 e. The van der Waals surface area contributed by atoms with E-state index < -0.39 is 11.8 Å². The van der Waals surface area contributed by atoms with Gasteiger partial charge in [-0.1, -0.05) is 13.3 Å². The Morgan fingerprint density at radius 1 is 1.13 bits per heavy atom. The number of benzene rings is 1. The topological polar surface area (TPSA) is 79.0 Å². The number of hydrogen-bond acceptors (Lipinski definition) is 4. The first-order valence-electron chi connectivity index (χ1n) is 10.5. The summed E-state index contributed by atoms with van der Waals surface area (Å²) in [7, 11) is 0. The summed E-state index contributed by atoms with van der Waals surface area (Å²) in [5, 5.41) is 5.39. The number of furan rings is 1. The van der Waals surface area contributed by atoms with Gasteiger partial charge in [0.2, 0.25) is 0 Å². The molecule has 2 aromatic rings. The lowest BCUT2D eigenvalue weighted by Crippen LogP contribution is -3.15. The number of anilines is 1. The highest BCUT2D eigenvalue weighted by Gasteiger charge is 2.31. The SMILES string of the molecule is CCCCNC(=O)C(=O)NC[C@H](c1ccco1)[NH+]1CCN(c2ccc(F)cc2)CC1. The van der Waals surface area contributed by atoms with Gasteiger partial charge in [0.15, 0.2) is 11.8 Å². The number of carbonyl (C=O) groups is 2. The van der Waals surface area contributed by atoms with Gasteiger partial charge in [-0.2, -0.15) is 0 Å². The van der Waals surface area contributed by atoms with Crippen LogP contribution >= 0.6 is 0 Å². The van der Waals surface area contributed by atoms with E-state index in [9.17, 15) is 14.0 Å². The molecule has 2 heterocycles. The number of carbonyl (C=O) groups excluding carboxylic acids is 2. The zero-order valence-corrected chi connectivity index (χ0v) is 17.3. The molecule has 0 radical (unpaired) electrons. The molecule has 1 aromatic heterocycles. The Kier molecular flexibility index (Phi) is 7.84. The van der Waals surface area contributed by atoms with E-state index in [0.29, 0.717) is 13.1 Å². The summed E-state index contributed by atoms with van der Waals surface area (Å²) < 4.78 is 18.8. The number of rotatable bonds is 8. The van der Waals surface area contributed by atoms with Crippen LogP contribution in [0.4, 0.5) is 10.1 Å². The molecule has 1 fully saturated rings. The van der Waals surface area contributed by atoms with Crippen LogP contribution in [0.25, 0.3) is 0 Å². The van der Waals surface area contributed by atoms with Crippen LogP contribution in [-0.4, -0.2) is 51.1 Å². The lowest BCUT2D eigenvalue weighted by Gasteiger charge is -2.37. The van der Waals surface area contributed by atoms with Crippen molar-refractivity contribution in [3.05, 3.63) is 54.2 Å². The molecular weight excluding hydrogens is 387 g/mol. The van der Waals surface area contributed by atoms with Gasteiger partial charge in [0.25, 0.3) is 0 Å². The number of quaternary nitrogens is 1. The van der Waals surface area contributed by atoms with Gasteiger partial charge in [-0.25, -0.2) is 4.39 Å². The average molecular weight is 418 g/mol. The zero-order valence-electron chi connectivity index (χ0n) is 17.3. The minimum absolute atomic E-state index is 0.0808. The van der Waals surface area contributed by atoms with E-state index >= 15 is 0 Å². The third-order valence-corrected chi connectivity index (χ3v) is 5.47. The third-order valence-electron chi connectivity index (χ3n) is 5.47. The summed E-state index contributed by atoms with van der Waals surface area (Å²) in [6.45, 7) is 6.13. The van der Waals surface area contributed by atoms with Crippen molar-refractivity contribution in [1.29, 1.82) is 0 Å². The normalized spacial score (nSPS) is 15.6. The van der Waals surface area contributed by atoms with Crippen LogP contribution in [0.2, 0.25) is 0 Å². The summed E-state index contributed by atoms with van der Waals surface area (Å²) in [6.07, 6.45) is 3.42. The number of nitrogens with zero attached hydrogens (tertiary/aromatic N) is 1. The highest BCUT2D eigenvalue weighted by molar-refractivity contribution is 6.35. The molecule has 0 spiro atoms. The first kappa shape index (κ1) is 21.8. The Hall–Kier alpha value is -2.87. The van der Waals surface area contributed by atoms with Crippen LogP contribution in [0.3, 0.4) is 0 Å². The van der Waals surface area contributed by atoms with Crippen molar-refractivity contribution in [2.75, 3.05) is 44.2 Å². The molecule has 1 atom stereocenters. The van der Waals surface area contributed by atoms with Crippen LogP contribution in [0, 0.1) is 5.82 Å². The highest BCUT2D eigenvalue weighted by Crippen LogP contribution is 2.16. The van der Waals surface area contributed by atoms with Gasteiger partial charge in [-0.05, 0) is 42.8 Å². The molecule has 3 N–H and O–H groups in total. The number of hydrogen-bond donors (Lipinski definition) is 3. The fourth-order valence-electron chi connectivity index (χ4n) is 3.72. The van der Waals surface area contributed by atoms with Gasteiger partial charge in [0.1, 0.15) is 5.82 Å². The molecule has 0 aliphatic carbocycles. The summed E-state index contributed by atoms with van der Waals surface area (Å²) in [5.41, 5.74) is 1.00. The molecule has 1 aliphatic heterocycles. The first-order valence-corrected chi connectivity index (χ1v) is 10.5. The predicted octanol–water partition coefficient (Wildman–Crippen LogP) is 0.897. The minimum atomic E-state index is -0.619. The summed E-state index contributed by atoms with van der Waals surface area (Å²) in [6, 6.07) is 10.2. The van der Waals surface area contributed by atoms with Crippen LogP contribution in [0.1, 0.15) is 31.6 Å². The highest BCUT2D eigenvalue weighted by atomic mass is 19.1. The summed E-state index contributed by atoms with van der Waals surface area (Å²) >= 11 is 0. The summed E-state index contributed by atoms with van der Waals surface area (Å²) in [4.78, 5) is 27.6. The van der Waals surface area contributed by atoms with Crippen molar-refractivity contribution in [2.45, 2.75) is 25.8 Å². The van der Waals surface area contributed by atoms with E-state index in [-0.39, 0.29) is 11.9 Å². The van der Waals surface area contributed by atoms with Gasteiger partial charge < -0.3 is 24.9 Å². The predicted molar refractivity (Wildman–Crippen MR) is 112 cm³/mol. The number of piperazine rings is 1. The van der Waals surface area contributed by atoms with Crippen LogP contribution in [0.5, 0.6) is 0 Å². The molecule has 1 aliphatic rings. The molecule has 162 valence electrons. The molecule has 3 rings (SSSR count). The van der Waals surface area contributed by atoms with Gasteiger partial charge in [0, 0.05) is 12.2 Å². The minimum Gasteiger partial charge on any atom is -0.463 e. The van der Waals surface area contributed by atoms with Crippen molar-refractivity contribution in [2.24, 2.45) is 0 Å². The van der Waals surface area contributed by atoms with Gasteiger partial charge in [-0.3, -0.25) is 9.59 Å². The Morgan fingerprint density at radius 2 is 1.83 bits per heavy atom. The Balaban J connectivity index is 1.56. The second-order valence-corrected chi connectivity index (χ2v) is 7.51. The van der Waals surface area contributed by atoms with Crippen molar-refractivity contribution in [3.8, 4) is 0 Å². The molecule has 30 heavy (non-hydrogen) atoms. The van der Waals surface area contributed by atoms with Gasteiger partial charge >= 0.3 is 11.8 Å². The number of unbranched alkanes of at least 4 members (excludes halogenated alkanes) is 1. The van der Waals surface area contributed by atoms with E-state index in [1.807, 2.05) is 19.1 Å². The molecule has 0 unspecified atom stereocenters. The average Bonchev–Trinajstić information content (AvgIpc) is 3.29.